The molecule has 9 heteroatoms. The van der Waals surface area contributed by atoms with Crippen LogP contribution in [0.2, 0.25) is 0 Å². The second kappa shape index (κ2) is 6.96. The molecular formula is C19H20F3N5O. The Labute approximate surface area is 159 Å². The van der Waals surface area contributed by atoms with E-state index >= 15 is 0 Å². The van der Waals surface area contributed by atoms with Gasteiger partial charge in [0, 0.05) is 30.1 Å². The maximum absolute atomic E-state index is 12.5. The molecule has 2 aromatic heterocycles. The molecule has 3 atom stereocenters. The third-order valence-corrected chi connectivity index (χ3v) is 5.02. The van der Waals surface area contributed by atoms with Crippen LogP contribution in [0.4, 0.5) is 13.2 Å². The van der Waals surface area contributed by atoms with E-state index in [-0.39, 0.29) is 30.3 Å². The fourth-order valence-corrected chi connectivity index (χ4v) is 3.31. The van der Waals surface area contributed by atoms with Crippen molar-refractivity contribution < 1.29 is 18.0 Å². The first kappa shape index (κ1) is 18.5. The maximum Gasteiger partial charge on any atom is 0.390 e. The number of imidazole rings is 1. The number of aromatic amines is 1. The second-order valence-corrected chi connectivity index (χ2v) is 7.22. The summed E-state index contributed by atoms with van der Waals surface area (Å²) in [6.45, 7) is 1.56. The van der Waals surface area contributed by atoms with E-state index in [1.807, 2.05) is 24.3 Å². The van der Waals surface area contributed by atoms with Gasteiger partial charge >= 0.3 is 6.18 Å². The van der Waals surface area contributed by atoms with Crippen LogP contribution in [0.3, 0.4) is 0 Å². The van der Waals surface area contributed by atoms with Crippen LogP contribution in [0.1, 0.15) is 43.1 Å². The lowest BCUT2D eigenvalue weighted by atomic mass is 10.2. The van der Waals surface area contributed by atoms with Gasteiger partial charge in [0.25, 0.3) is 0 Å². The molecule has 0 radical (unpaired) electrons. The van der Waals surface area contributed by atoms with Gasteiger partial charge in [0.2, 0.25) is 5.91 Å². The number of nitrogens with zero attached hydrogens (tertiary/aromatic N) is 3. The predicted octanol–water partition coefficient (Wildman–Crippen LogP) is 3.69. The Bertz CT molecular complexity index is 960. The van der Waals surface area contributed by atoms with Gasteiger partial charge < -0.3 is 10.3 Å². The molecule has 0 aliphatic heterocycles. The molecule has 1 aliphatic carbocycles. The van der Waals surface area contributed by atoms with Crippen LogP contribution in [0.25, 0.3) is 11.0 Å². The highest BCUT2D eigenvalue weighted by molar-refractivity contribution is 5.83. The molecule has 28 heavy (non-hydrogen) atoms. The first-order chi connectivity index (χ1) is 13.3. The zero-order valence-corrected chi connectivity index (χ0v) is 15.2. The van der Waals surface area contributed by atoms with E-state index in [2.05, 4.69) is 20.4 Å². The number of para-hydroxylation sites is 2. The summed E-state index contributed by atoms with van der Waals surface area (Å²) in [6, 6.07) is 7.38. The first-order valence-electron chi connectivity index (χ1n) is 9.14. The molecule has 0 bridgehead atoms. The lowest BCUT2D eigenvalue weighted by molar-refractivity contribution is -0.137. The summed E-state index contributed by atoms with van der Waals surface area (Å²) in [7, 11) is 0. The van der Waals surface area contributed by atoms with Crippen LogP contribution < -0.4 is 5.32 Å². The van der Waals surface area contributed by atoms with Gasteiger partial charge in [-0.1, -0.05) is 12.1 Å². The van der Waals surface area contributed by atoms with Crippen LogP contribution in [0.5, 0.6) is 0 Å². The van der Waals surface area contributed by atoms with Crippen molar-refractivity contribution in [1.82, 2.24) is 25.1 Å². The van der Waals surface area contributed by atoms with E-state index in [1.165, 1.54) is 10.9 Å². The summed E-state index contributed by atoms with van der Waals surface area (Å²) in [5, 5.41) is 6.87. The molecule has 1 aliphatic rings. The van der Waals surface area contributed by atoms with Crippen LogP contribution in [-0.4, -0.2) is 31.8 Å². The highest BCUT2D eigenvalue weighted by Crippen LogP contribution is 2.47. The summed E-state index contributed by atoms with van der Waals surface area (Å²) in [6.07, 6.45) is -1.39. The molecular weight excluding hydrogens is 371 g/mol. The highest BCUT2D eigenvalue weighted by Gasteiger charge is 2.46. The number of rotatable bonds is 6. The summed E-state index contributed by atoms with van der Waals surface area (Å²) < 4.78 is 38.2. The molecule has 1 fully saturated rings. The van der Waals surface area contributed by atoms with Gasteiger partial charge in [-0.05, 0) is 25.5 Å². The van der Waals surface area contributed by atoms with Crippen molar-refractivity contribution in [3.63, 3.8) is 0 Å². The van der Waals surface area contributed by atoms with Crippen LogP contribution in [0, 0.1) is 5.92 Å². The smallest absolute Gasteiger partial charge is 0.349 e. The molecule has 148 valence electrons. The Morgan fingerprint density at radius 3 is 2.93 bits per heavy atom. The number of carbonyl (C=O) groups excluding carboxylic acids is 1. The number of aryl methyl sites for hydroxylation is 1. The van der Waals surface area contributed by atoms with Crippen LogP contribution in [0.15, 0.2) is 36.7 Å². The number of amides is 1. The Hall–Kier alpha value is -2.84. The highest BCUT2D eigenvalue weighted by atomic mass is 19.4. The number of fused-ring (bicyclic) bond motifs is 1. The number of H-pyrrole nitrogens is 1. The Balaban J connectivity index is 1.33. The summed E-state index contributed by atoms with van der Waals surface area (Å²) >= 11 is 0. The third kappa shape index (κ3) is 4.02. The van der Waals surface area contributed by atoms with Gasteiger partial charge in [-0.15, -0.1) is 0 Å². The molecule has 0 spiro atoms. The Morgan fingerprint density at radius 1 is 1.39 bits per heavy atom. The van der Waals surface area contributed by atoms with Gasteiger partial charge in [-0.3, -0.25) is 9.48 Å². The minimum Gasteiger partial charge on any atom is -0.349 e. The normalized spacial score (nSPS) is 20.3. The number of carbonyl (C=O) groups is 1. The van der Waals surface area contributed by atoms with E-state index < -0.39 is 12.6 Å². The molecule has 1 amide bonds. The van der Waals surface area contributed by atoms with Crippen molar-refractivity contribution in [2.45, 2.75) is 44.4 Å². The van der Waals surface area contributed by atoms with E-state index in [4.69, 9.17) is 0 Å². The Morgan fingerprint density at radius 2 is 2.18 bits per heavy atom. The average molecular weight is 391 g/mol. The number of hydrogen-bond donors (Lipinski definition) is 2. The molecule has 2 N–H and O–H groups in total. The summed E-state index contributed by atoms with van der Waals surface area (Å²) in [5.74, 6) is 0.646. The fraction of sp³-hybridized carbons (Fsp3) is 0.421. The number of halogens is 3. The number of aromatic nitrogens is 4. The van der Waals surface area contributed by atoms with Crippen molar-refractivity contribution in [1.29, 1.82) is 0 Å². The first-order valence-corrected chi connectivity index (χ1v) is 9.14. The molecule has 0 saturated heterocycles. The molecule has 1 saturated carbocycles. The van der Waals surface area contributed by atoms with Gasteiger partial charge in [0.15, 0.2) is 0 Å². The van der Waals surface area contributed by atoms with Gasteiger partial charge in [0.05, 0.1) is 29.7 Å². The zero-order chi connectivity index (χ0) is 19.9. The lowest BCUT2D eigenvalue weighted by Gasteiger charge is -2.12. The zero-order valence-electron chi connectivity index (χ0n) is 15.2. The molecule has 2 heterocycles. The average Bonchev–Trinajstić information content (AvgIpc) is 3.11. The molecule has 6 nitrogen and oxygen atoms in total. The third-order valence-electron chi connectivity index (χ3n) is 5.02. The molecule has 4 rings (SSSR count). The van der Waals surface area contributed by atoms with Crippen LogP contribution in [-0.2, 0) is 11.3 Å². The lowest BCUT2D eigenvalue weighted by Crippen LogP contribution is -2.28. The fourth-order valence-electron chi connectivity index (χ4n) is 3.31. The van der Waals surface area contributed by atoms with Gasteiger partial charge in [0.1, 0.15) is 5.82 Å². The van der Waals surface area contributed by atoms with Gasteiger partial charge in [-0.2, -0.15) is 18.3 Å². The number of nitrogens with one attached hydrogen (secondary N) is 2. The maximum atomic E-state index is 12.5. The van der Waals surface area contributed by atoms with Crippen LogP contribution >= 0.6 is 0 Å². The quantitative estimate of drug-likeness (QED) is 0.673. The number of hydrogen-bond acceptors (Lipinski definition) is 3. The second-order valence-electron chi connectivity index (χ2n) is 7.22. The number of alkyl halides is 3. The van der Waals surface area contributed by atoms with Crippen molar-refractivity contribution >= 4 is 16.9 Å². The van der Waals surface area contributed by atoms with Crippen molar-refractivity contribution in [3.05, 3.63) is 48.0 Å². The van der Waals surface area contributed by atoms with Crippen molar-refractivity contribution in [3.8, 4) is 0 Å². The predicted molar refractivity (Wildman–Crippen MR) is 96.4 cm³/mol. The minimum atomic E-state index is -4.22. The topological polar surface area (TPSA) is 75.6 Å². The Kier molecular flexibility index (Phi) is 4.60. The van der Waals surface area contributed by atoms with Crippen molar-refractivity contribution in [2.75, 3.05) is 0 Å². The molecule has 1 aromatic carbocycles. The van der Waals surface area contributed by atoms with E-state index in [9.17, 15) is 18.0 Å². The standard InChI is InChI=1S/C19H20F3N5O/c1-11(12-9-23-27(10-12)7-6-19(20,21)22)24-18(28)14-8-13(14)17-25-15-4-2-3-5-16(15)26-17/h2-5,9-11,13-14H,6-8H2,1H3,(H,24,28)(H,25,26)/t11-,13?,14?/m1/s1. The van der Waals surface area contributed by atoms with E-state index in [1.54, 1.807) is 13.1 Å². The van der Waals surface area contributed by atoms with Crippen molar-refractivity contribution in [2.24, 2.45) is 5.92 Å². The molecule has 3 aromatic rings. The largest absolute Gasteiger partial charge is 0.390 e. The monoisotopic (exact) mass is 391 g/mol. The SMILES string of the molecule is C[C@@H](NC(=O)C1CC1c1nc2ccccc2[nH]1)c1cnn(CCC(F)(F)F)c1. The summed E-state index contributed by atoms with van der Waals surface area (Å²) in [4.78, 5) is 20.3. The van der Waals surface area contributed by atoms with E-state index in [0.717, 1.165) is 23.3 Å². The molecule has 2 unspecified atom stereocenters. The van der Waals surface area contributed by atoms with E-state index in [0.29, 0.717) is 5.56 Å². The minimum absolute atomic E-state index is 0.0640. The summed E-state index contributed by atoms with van der Waals surface area (Å²) in [5.41, 5.74) is 2.50. The van der Waals surface area contributed by atoms with Gasteiger partial charge in [-0.25, -0.2) is 4.98 Å². The number of benzene rings is 1.